The highest BCUT2D eigenvalue weighted by Crippen LogP contribution is 2.31. The second-order valence-electron chi connectivity index (χ2n) is 9.58. The van der Waals surface area contributed by atoms with E-state index in [-0.39, 0.29) is 5.56 Å². The first-order valence-electron chi connectivity index (χ1n) is 12.0. The number of pyridine rings is 1. The van der Waals surface area contributed by atoms with Crippen LogP contribution in [0.3, 0.4) is 0 Å². The third kappa shape index (κ3) is 3.49. The molecule has 0 spiro atoms. The van der Waals surface area contributed by atoms with Gasteiger partial charge < -0.3 is 4.57 Å². The van der Waals surface area contributed by atoms with Crippen molar-refractivity contribution < 1.29 is 0 Å². The van der Waals surface area contributed by atoms with Gasteiger partial charge in [-0.15, -0.1) is 0 Å². The summed E-state index contributed by atoms with van der Waals surface area (Å²) >= 11 is 0. The highest BCUT2D eigenvalue weighted by Gasteiger charge is 2.24. The summed E-state index contributed by atoms with van der Waals surface area (Å²) in [6, 6.07) is 8.57. The largest absolute Gasteiger partial charge is 0.308 e. The molecule has 1 aromatic carbocycles. The van der Waals surface area contributed by atoms with Crippen molar-refractivity contribution in [3.8, 4) is 0 Å². The fourth-order valence-electron chi connectivity index (χ4n) is 5.86. The lowest BCUT2D eigenvalue weighted by Gasteiger charge is -2.29. The van der Waals surface area contributed by atoms with Gasteiger partial charge in [-0.3, -0.25) is 9.69 Å². The standard InChI is InChI=1S/C26H30N4O/c31-26-21(14-20-9-4-8-18-10-5-12-30(26)24(18)20)16-29-13-11-23-22(17-29)15-27-25(28-23)19-6-2-1-3-7-19/h4,8-9,14-15,19H,1-3,5-7,10-13,16-17H2. The number of para-hydroxylation sites is 1. The first kappa shape index (κ1) is 19.2. The van der Waals surface area contributed by atoms with Crippen molar-refractivity contribution in [2.45, 2.75) is 76.9 Å². The Balaban J connectivity index is 1.25. The summed E-state index contributed by atoms with van der Waals surface area (Å²) < 4.78 is 2.01. The third-order valence-electron chi connectivity index (χ3n) is 7.49. The van der Waals surface area contributed by atoms with Crippen LogP contribution in [-0.2, 0) is 32.5 Å². The van der Waals surface area contributed by atoms with Gasteiger partial charge >= 0.3 is 0 Å². The quantitative estimate of drug-likeness (QED) is 0.640. The summed E-state index contributed by atoms with van der Waals surface area (Å²) in [6.07, 6.45) is 11.6. The highest BCUT2D eigenvalue weighted by atomic mass is 16.1. The van der Waals surface area contributed by atoms with E-state index in [2.05, 4.69) is 35.4 Å². The number of rotatable bonds is 3. The van der Waals surface area contributed by atoms with Gasteiger partial charge in [-0.25, -0.2) is 9.97 Å². The molecule has 3 aliphatic rings. The van der Waals surface area contributed by atoms with Crippen LogP contribution >= 0.6 is 0 Å². The van der Waals surface area contributed by atoms with Gasteiger partial charge in [-0.1, -0.05) is 37.5 Å². The first-order chi connectivity index (χ1) is 15.3. The zero-order chi connectivity index (χ0) is 20.8. The molecule has 4 heterocycles. The van der Waals surface area contributed by atoms with Gasteiger partial charge in [0.15, 0.2) is 0 Å². The van der Waals surface area contributed by atoms with E-state index < -0.39 is 0 Å². The molecule has 0 saturated heterocycles. The molecule has 6 rings (SSSR count). The summed E-state index contributed by atoms with van der Waals surface area (Å²) in [7, 11) is 0. The van der Waals surface area contributed by atoms with Gasteiger partial charge in [-0.2, -0.15) is 0 Å². The summed E-state index contributed by atoms with van der Waals surface area (Å²) in [5.41, 5.74) is 6.02. The van der Waals surface area contributed by atoms with E-state index in [0.29, 0.717) is 12.5 Å². The van der Waals surface area contributed by atoms with Crippen molar-refractivity contribution >= 4 is 10.9 Å². The minimum absolute atomic E-state index is 0.189. The van der Waals surface area contributed by atoms with Gasteiger partial charge in [0.2, 0.25) is 0 Å². The van der Waals surface area contributed by atoms with Crippen LogP contribution in [0.4, 0.5) is 0 Å². The Hall–Kier alpha value is -2.53. The molecule has 1 aliphatic carbocycles. The fourth-order valence-corrected chi connectivity index (χ4v) is 5.86. The Morgan fingerprint density at radius 2 is 1.90 bits per heavy atom. The Kier molecular flexibility index (Phi) is 4.87. The lowest BCUT2D eigenvalue weighted by Crippen LogP contribution is -2.35. The molecule has 0 N–H and O–H groups in total. The first-order valence-corrected chi connectivity index (χ1v) is 12.0. The lowest BCUT2D eigenvalue weighted by molar-refractivity contribution is 0.241. The van der Waals surface area contributed by atoms with Gasteiger partial charge in [0.1, 0.15) is 5.82 Å². The van der Waals surface area contributed by atoms with E-state index in [1.165, 1.54) is 54.3 Å². The Bertz CT molecular complexity index is 1190. The van der Waals surface area contributed by atoms with Gasteiger partial charge in [-0.05, 0) is 42.7 Å². The van der Waals surface area contributed by atoms with Crippen LogP contribution in [0.2, 0.25) is 0 Å². The molecule has 31 heavy (non-hydrogen) atoms. The van der Waals surface area contributed by atoms with Crippen molar-refractivity contribution in [1.82, 2.24) is 19.4 Å². The molecule has 160 valence electrons. The van der Waals surface area contributed by atoms with Crippen LogP contribution in [0.15, 0.2) is 35.3 Å². The molecule has 1 saturated carbocycles. The minimum atomic E-state index is 0.189. The van der Waals surface area contributed by atoms with Crippen molar-refractivity contribution in [2.75, 3.05) is 6.54 Å². The van der Waals surface area contributed by atoms with Gasteiger partial charge in [0, 0.05) is 61.5 Å². The van der Waals surface area contributed by atoms with Crippen LogP contribution in [-0.4, -0.2) is 26.0 Å². The molecule has 0 atom stereocenters. The van der Waals surface area contributed by atoms with E-state index in [4.69, 9.17) is 9.97 Å². The van der Waals surface area contributed by atoms with Crippen LogP contribution < -0.4 is 5.56 Å². The SMILES string of the molecule is O=c1c(CN2CCc3nc(C4CCCCC4)ncc3C2)cc2cccc3c2n1CCC3. The molecule has 0 bridgehead atoms. The summed E-state index contributed by atoms with van der Waals surface area (Å²) in [6.45, 7) is 3.31. The predicted molar refractivity (Wildman–Crippen MR) is 122 cm³/mol. The maximum Gasteiger partial charge on any atom is 0.255 e. The summed E-state index contributed by atoms with van der Waals surface area (Å²) in [5.74, 6) is 1.62. The third-order valence-corrected chi connectivity index (χ3v) is 7.49. The smallest absolute Gasteiger partial charge is 0.255 e. The second-order valence-corrected chi connectivity index (χ2v) is 9.58. The molecular formula is C26H30N4O. The van der Waals surface area contributed by atoms with Crippen LogP contribution in [0.25, 0.3) is 10.9 Å². The predicted octanol–water partition coefficient (Wildman–Crippen LogP) is 4.34. The molecule has 2 aromatic heterocycles. The monoisotopic (exact) mass is 414 g/mol. The van der Waals surface area contributed by atoms with E-state index in [1.54, 1.807) is 0 Å². The molecule has 3 aromatic rings. The number of fused-ring (bicyclic) bond motifs is 1. The number of hydrogen-bond acceptors (Lipinski definition) is 4. The Labute approximate surface area is 183 Å². The zero-order valence-electron chi connectivity index (χ0n) is 18.1. The van der Waals surface area contributed by atoms with Crippen molar-refractivity contribution in [3.63, 3.8) is 0 Å². The van der Waals surface area contributed by atoms with E-state index in [9.17, 15) is 4.79 Å². The number of hydrogen-bond donors (Lipinski definition) is 0. The fraction of sp³-hybridized carbons (Fsp3) is 0.500. The number of aromatic nitrogens is 3. The molecule has 2 aliphatic heterocycles. The lowest BCUT2D eigenvalue weighted by atomic mass is 9.88. The zero-order valence-corrected chi connectivity index (χ0v) is 18.1. The van der Waals surface area contributed by atoms with Crippen LogP contribution in [0, 0.1) is 0 Å². The average molecular weight is 415 g/mol. The van der Waals surface area contributed by atoms with E-state index >= 15 is 0 Å². The molecule has 5 nitrogen and oxygen atoms in total. The van der Waals surface area contributed by atoms with Gasteiger partial charge in [0.25, 0.3) is 5.56 Å². The maximum absolute atomic E-state index is 13.3. The van der Waals surface area contributed by atoms with Crippen molar-refractivity contribution in [2.24, 2.45) is 0 Å². The summed E-state index contributed by atoms with van der Waals surface area (Å²) in [4.78, 5) is 25.4. The Morgan fingerprint density at radius 1 is 1.00 bits per heavy atom. The summed E-state index contributed by atoms with van der Waals surface area (Å²) in [5, 5.41) is 1.20. The molecular weight excluding hydrogens is 384 g/mol. The van der Waals surface area contributed by atoms with Crippen molar-refractivity contribution in [1.29, 1.82) is 0 Å². The van der Waals surface area contributed by atoms with Crippen LogP contribution in [0.5, 0.6) is 0 Å². The topological polar surface area (TPSA) is 51.0 Å². The van der Waals surface area contributed by atoms with E-state index in [1.807, 2.05) is 4.57 Å². The molecule has 0 unspecified atom stereocenters. The second kappa shape index (κ2) is 7.86. The number of nitrogens with zero attached hydrogens (tertiary/aromatic N) is 4. The normalized spacial score (nSPS) is 19.5. The molecule has 5 heteroatoms. The highest BCUT2D eigenvalue weighted by molar-refractivity contribution is 5.83. The van der Waals surface area contributed by atoms with Crippen molar-refractivity contribution in [3.05, 3.63) is 69.0 Å². The van der Waals surface area contributed by atoms with E-state index in [0.717, 1.165) is 55.8 Å². The molecule has 0 amide bonds. The number of benzene rings is 1. The van der Waals surface area contributed by atoms with Crippen LogP contribution in [0.1, 0.15) is 72.7 Å². The molecule has 0 radical (unpaired) electrons. The molecule has 1 fully saturated rings. The minimum Gasteiger partial charge on any atom is -0.308 e. The average Bonchev–Trinajstić information content (AvgIpc) is 2.82. The Morgan fingerprint density at radius 3 is 2.81 bits per heavy atom. The van der Waals surface area contributed by atoms with Gasteiger partial charge in [0.05, 0.1) is 5.52 Å². The number of aryl methyl sites for hydroxylation is 2. The maximum atomic E-state index is 13.3.